The Bertz CT molecular complexity index is 1740. The third kappa shape index (κ3) is 6.23. The van der Waals surface area contributed by atoms with E-state index < -0.39 is 33.3 Å². The Hall–Kier alpha value is -3.66. The molecule has 4 aromatic rings. The van der Waals surface area contributed by atoms with Crippen molar-refractivity contribution in [1.29, 1.82) is 0 Å². The number of sulfone groups is 1. The summed E-state index contributed by atoms with van der Waals surface area (Å²) in [4.78, 5) is 31.6. The second-order valence-electron chi connectivity index (χ2n) is 10.4. The average molecular weight is 627 g/mol. The molecule has 0 spiro atoms. The minimum atomic E-state index is -3.85. The Morgan fingerprint density at radius 1 is 1.02 bits per heavy atom. The minimum absolute atomic E-state index is 0.00166. The molecule has 2 heterocycles. The molecule has 5 rings (SSSR count). The number of fused-ring (bicyclic) bond motifs is 1. The zero-order valence-corrected chi connectivity index (χ0v) is 25.1. The number of pyridine rings is 1. The van der Waals surface area contributed by atoms with Crippen LogP contribution >= 0.6 is 23.2 Å². The van der Waals surface area contributed by atoms with Crippen LogP contribution in [0.5, 0.6) is 0 Å². The highest BCUT2D eigenvalue weighted by atomic mass is 35.5. The van der Waals surface area contributed by atoms with Crippen LogP contribution in [-0.2, 0) is 21.1 Å². The molecule has 8 nitrogen and oxygen atoms in total. The summed E-state index contributed by atoms with van der Waals surface area (Å²) in [5.74, 6) is -1.22. The Morgan fingerprint density at radius 2 is 1.74 bits per heavy atom. The zero-order chi connectivity index (χ0) is 30.0. The Morgan fingerprint density at radius 3 is 2.43 bits per heavy atom. The first-order chi connectivity index (χ1) is 20.0. The highest BCUT2D eigenvalue weighted by Crippen LogP contribution is 2.34. The molecule has 0 radical (unpaired) electrons. The van der Waals surface area contributed by atoms with Gasteiger partial charge in [0, 0.05) is 23.9 Å². The zero-order valence-electron chi connectivity index (χ0n) is 22.8. The number of carbonyl (C=O) groups is 2. The number of nitrogens with zero attached hydrogens (tertiary/aromatic N) is 2. The Labute approximate surface area is 254 Å². The van der Waals surface area contributed by atoms with E-state index in [4.69, 9.17) is 23.2 Å². The third-order valence-corrected chi connectivity index (χ3v) is 10.2. The molecule has 1 fully saturated rings. The van der Waals surface area contributed by atoms with Crippen molar-refractivity contribution >= 4 is 55.9 Å². The number of carbonyl (C=O) groups excluding carboxylic acids is 1. The van der Waals surface area contributed by atoms with E-state index in [2.05, 4.69) is 10.3 Å². The normalized spacial score (nSPS) is 16.3. The highest BCUT2D eigenvalue weighted by Gasteiger charge is 2.38. The fourth-order valence-corrected chi connectivity index (χ4v) is 7.63. The quantitative estimate of drug-likeness (QED) is 0.242. The maximum atomic E-state index is 13.4. The van der Waals surface area contributed by atoms with Crippen LogP contribution in [0.2, 0.25) is 10.0 Å². The lowest BCUT2D eigenvalue weighted by molar-refractivity contribution is -0.139. The number of carboxylic acids is 1. The topological polar surface area (TPSA) is 117 Å². The predicted molar refractivity (Wildman–Crippen MR) is 164 cm³/mol. The lowest BCUT2D eigenvalue weighted by atomic mass is 10.0. The average Bonchev–Trinajstić information content (AvgIpc) is 2.97. The molecule has 1 aromatic heterocycles. The second kappa shape index (κ2) is 12.3. The number of nitrogens with one attached hydrogen (secondary N) is 1. The van der Waals surface area contributed by atoms with E-state index in [9.17, 15) is 23.1 Å². The summed E-state index contributed by atoms with van der Waals surface area (Å²) in [6.45, 7) is 2.08. The van der Waals surface area contributed by atoms with Gasteiger partial charge in [0.05, 0.1) is 26.2 Å². The van der Waals surface area contributed by atoms with E-state index in [0.717, 1.165) is 10.9 Å². The maximum absolute atomic E-state index is 13.4. The fourth-order valence-electron chi connectivity index (χ4n) is 5.19. The molecular formula is C31H29Cl2N3O5S. The van der Waals surface area contributed by atoms with Gasteiger partial charge in [-0.1, -0.05) is 59.1 Å². The van der Waals surface area contributed by atoms with Crippen LogP contribution < -0.4 is 5.32 Å². The molecule has 2 atom stereocenters. The van der Waals surface area contributed by atoms with Gasteiger partial charge in [-0.05, 0) is 74.2 Å². The number of amides is 2. The van der Waals surface area contributed by atoms with Crippen molar-refractivity contribution in [3.05, 3.63) is 94.0 Å². The molecule has 1 saturated heterocycles. The number of rotatable bonds is 7. The van der Waals surface area contributed by atoms with Crippen LogP contribution in [0.4, 0.5) is 4.79 Å². The van der Waals surface area contributed by atoms with Crippen LogP contribution in [0.15, 0.2) is 77.7 Å². The number of likely N-dealkylation sites (tertiary alicyclic amines) is 1. The molecule has 2 N–H and O–H groups in total. The molecule has 3 aromatic carbocycles. The molecule has 2 amide bonds. The first-order valence-electron chi connectivity index (χ1n) is 13.5. The van der Waals surface area contributed by atoms with Crippen LogP contribution in [0.3, 0.4) is 0 Å². The summed E-state index contributed by atoms with van der Waals surface area (Å²) in [5.41, 5.74) is 3.49. The number of halogens is 2. The van der Waals surface area contributed by atoms with Gasteiger partial charge in [0.2, 0.25) is 0 Å². The monoisotopic (exact) mass is 625 g/mol. The first-order valence-corrected chi connectivity index (χ1v) is 15.8. The van der Waals surface area contributed by atoms with E-state index in [0.29, 0.717) is 45.2 Å². The number of aryl methyl sites for hydroxylation is 1. The highest BCUT2D eigenvalue weighted by molar-refractivity contribution is 7.92. The number of carboxylic acid groups (broad SMARTS) is 1. The fraction of sp³-hybridized carbons (Fsp3) is 0.258. The van der Waals surface area contributed by atoms with Gasteiger partial charge in [-0.3, -0.25) is 0 Å². The van der Waals surface area contributed by atoms with Gasteiger partial charge < -0.3 is 15.3 Å². The number of urea groups is 1. The standard InChI is InChI=1S/C31H29Cl2N3O5S/c1-19-8-12-22(13-9-19)42(40,41)28-7-2-3-16-36(28)31(39)35-27(30(37)38)18-20-10-14-25-21(17-20)11-15-26(34-25)29-23(32)5-4-6-24(29)33/h4-6,8-15,17,27-28H,2-3,7,16,18H2,1H3,(H,35,39)(H,37,38)/t27?,28-/m0/s1. The van der Waals surface area contributed by atoms with Crippen molar-refractivity contribution in [2.75, 3.05) is 6.54 Å². The van der Waals surface area contributed by atoms with Crippen LogP contribution in [-0.4, -0.2) is 53.4 Å². The van der Waals surface area contributed by atoms with Gasteiger partial charge in [-0.2, -0.15) is 0 Å². The Balaban J connectivity index is 1.34. The van der Waals surface area contributed by atoms with Crippen LogP contribution in [0.25, 0.3) is 22.2 Å². The van der Waals surface area contributed by atoms with Gasteiger partial charge in [-0.25, -0.2) is 23.0 Å². The van der Waals surface area contributed by atoms with Crippen molar-refractivity contribution < 1.29 is 23.1 Å². The largest absolute Gasteiger partial charge is 0.480 e. The molecule has 0 bridgehead atoms. The second-order valence-corrected chi connectivity index (χ2v) is 13.3. The predicted octanol–water partition coefficient (Wildman–Crippen LogP) is 6.51. The van der Waals surface area contributed by atoms with Crippen molar-refractivity contribution in [2.45, 2.75) is 48.9 Å². The summed E-state index contributed by atoms with van der Waals surface area (Å²) in [7, 11) is -3.85. The van der Waals surface area contributed by atoms with E-state index in [-0.39, 0.29) is 24.3 Å². The number of aromatic nitrogens is 1. The molecule has 0 aliphatic carbocycles. The lowest BCUT2D eigenvalue weighted by Gasteiger charge is -2.35. The van der Waals surface area contributed by atoms with Gasteiger partial charge in [-0.15, -0.1) is 0 Å². The number of benzene rings is 3. The molecule has 11 heteroatoms. The Kier molecular flexibility index (Phi) is 8.73. The number of aliphatic carboxylic acids is 1. The molecule has 1 aliphatic rings. The van der Waals surface area contributed by atoms with Crippen molar-refractivity contribution in [3.63, 3.8) is 0 Å². The van der Waals surface area contributed by atoms with Gasteiger partial charge in [0.15, 0.2) is 9.84 Å². The molecule has 1 unspecified atom stereocenters. The minimum Gasteiger partial charge on any atom is -0.480 e. The van der Waals surface area contributed by atoms with E-state index >= 15 is 0 Å². The summed E-state index contributed by atoms with van der Waals surface area (Å²) in [6, 6.07) is 18.7. The van der Waals surface area contributed by atoms with Crippen molar-refractivity contribution in [3.8, 4) is 11.3 Å². The van der Waals surface area contributed by atoms with Gasteiger partial charge in [0.1, 0.15) is 11.4 Å². The van der Waals surface area contributed by atoms with Crippen molar-refractivity contribution in [1.82, 2.24) is 15.2 Å². The maximum Gasteiger partial charge on any atom is 0.326 e. The van der Waals surface area contributed by atoms with E-state index in [1.54, 1.807) is 48.5 Å². The molecular weight excluding hydrogens is 597 g/mol. The number of piperidine rings is 1. The SMILES string of the molecule is Cc1ccc(S(=O)(=O)[C@H]2CCCCN2C(=O)NC(Cc2ccc3nc(-c4c(Cl)cccc4Cl)ccc3c2)C(=O)O)cc1. The summed E-state index contributed by atoms with van der Waals surface area (Å²) in [5, 5.41) is 13.2. The van der Waals surface area contributed by atoms with Crippen LogP contribution in [0.1, 0.15) is 30.4 Å². The summed E-state index contributed by atoms with van der Waals surface area (Å²) < 4.78 is 26.9. The summed E-state index contributed by atoms with van der Waals surface area (Å²) in [6.07, 6.45) is 1.56. The number of hydrogen-bond acceptors (Lipinski definition) is 5. The first kappa shape index (κ1) is 29.8. The third-order valence-electron chi connectivity index (χ3n) is 7.42. The lowest BCUT2D eigenvalue weighted by Crippen LogP contribution is -2.55. The van der Waals surface area contributed by atoms with E-state index in [1.807, 2.05) is 19.1 Å². The number of hydrogen-bond donors (Lipinski definition) is 2. The molecule has 218 valence electrons. The molecule has 42 heavy (non-hydrogen) atoms. The van der Waals surface area contributed by atoms with Gasteiger partial charge >= 0.3 is 12.0 Å². The van der Waals surface area contributed by atoms with Crippen molar-refractivity contribution in [2.24, 2.45) is 0 Å². The van der Waals surface area contributed by atoms with E-state index in [1.165, 1.54) is 17.0 Å². The molecule has 0 saturated carbocycles. The molecule has 1 aliphatic heterocycles. The van der Waals surface area contributed by atoms with Crippen LogP contribution in [0, 0.1) is 6.92 Å². The van der Waals surface area contributed by atoms with Gasteiger partial charge in [0.25, 0.3) is 0 Å². The summed E-state index contributed by atoms with van der Waals surface area (Å²) >= 11 is 12.7. The smallest absolute Gasteiger partial charge is 0.326 e.